The fourth-order valence-electron chi connectivity index (χ4n) is 5.54. The first-order valence-electron chi connectivity index (χ1n) is 13.1. The van der Waals surface area contributed by atoms with Crippen LogP contribution in [0.4, 0.5) is 0 Å². The van der Waals surface area contributed by atoms with Crippen LogP contribution in [0, 0.1) is 5.92 Å². The van der Waals surface area contributed by atoms with Crippen molar-refractivity contribution in [3.63, 3.8) is 0 Å². The number of hydrogen-bond donors (Lipinski definition) is 1. The van der Waals surface area contributed by atoms with E-state index in [9.17, 15) is 23.1 Å². The van der Waals surface area contributed by atoms with Crippen LogP contribution in [0.1, 0.15) is 76.7 Å². The number of amides is 1. The molecule has 0 bridgehead atoms. The third-order valence-electron chi connectivity index (χ3n) is 8.09. The van der Waals surface area contributed by atoms with E-state index in [2.05, 4.69) is 0 Å². The van der Waals surface area contributed by atoms with E-state index in [1.807, 2.05) is 13.0 Å². The fraction of sp³-hybridized carbons (Fsp3) is 0.517. The average molecular weight is 597 g/mol. The van der Waals surface area contributed by atoms with Crippen molar-refractivity contribution < 1.29 is 27.9 Å². The maximum absolute atomic E-state index is 14.3. The van der Waals surface area contributed by atoms with Crippen LogP contribution in [0.25, 0.3) is 0 Å². The Morgan fingerprint density at radius 1 is 1.03 bits per heavy atom. The summed E-state index contributed by atoms with van der Waals surface area (Å²) in [5.74, 6) is -2.06. The van der Waals surface area contributed by atoms with Crippen molar-refractivity contribution in [1.29, 1.82) is 0 Å². The van der Waals surface area contributed by atoms with E-state index in [1.165, 1.54) is 0 Å². The Morgan fingerprint density at radius 3 is 2.18 bits per heavy atom. The summed E-state index contributed by atoms with van der Waals surface area (Å²) >= 11 is 12.6. The number of rotatable bonds is 8. The summed E-state index contributed by atoms with van der Waals surface area (Å²) < 4.78 is 32.7. The minimum atomic E-state index is -3.68. The molecule has 2 fully saturated rings. The lowest BCUT2D eigenvalue weighted by molar-refractivity contribution is -0.194. The lowest BCUT2D eigenvalue weighted by Gasteiger charge is -2.57. The number of carboxylic acid groups (broad SMARTS) is 1. The van der Waals surface area contributed by atoms with Gasteiger partial charge in [-0.25, -0.2) is 8.42 Å². The maximum Gasteiger partial charge on any atom is 0.306 e. The van der Waals surface area contributed by atoms with Crippen LogP contribution in [-0.2, 0) is 24.2 Å². The molecule has 0 spiro atoms. The molecule has 212 valence electrons. The Balaban J connectivity index is 1.97. The predicted molar refractivity (Wildman–Crippen MR) is 152 cm³/mol. The number of carbonyl (C=O) groups is 2. The van der Waals surface area contributed by atoms with Gasteiger partial charge < -0.3 is 14.7 Å². The number of morpholine rings is 1. The van der Waals surface area contributed by atoms with E-state index in [-0.39, 0.29) is 11.7 Å². The number of ether oxygens (including phenoxy) is 1. The highest BCUT2D eigenvalue weighted by Gasteiger charge is 2.56. The average Bonchev–Trinajstić information content (AvgIpc) is 2.78. The van der Waals surface area contributed by atoms with Crippen molar-refractivity contribution in [1.82, 2.24) is 4.90 Å². The summed E-state index contributed by atoms with van der Waals surface area (Å²) in [5, 5.41) is 10.6. The molecule has 0 unspecified atom stereocenters. The van der Waals surface area contributed by atoms with Gasteiger partial charge in [-0.05, 0) is 81.8 Å². The first kappa shape index (κ1) is 29.8. The molecule has 1 amide bonds. The molecule has 2 aromatic rings. The van der Waals surface area contributed by atoms with Gasteiger partial charge in [0.15, 0.2) is 9.84 Å². The van der Waals surface area contributed by atoms with Crippen LogP contribution < -0.4 is 0 Å². The molecule has 2 aromatic carbocycles. The highest BCUT2D eigenvalue weighted by Crippen LogP contribution is 2.51. The van der Waals surface area contributed by atoms with Gasteiger partial charge in [-0.2, -0.15) is 0 Å². The molecule has 4 atom stereocenters. The van der Waals surface area contributed by atoms with E-state index in [0.717, 1.165) is 19.3 Å². The van der Waals surface area contributed by atoms with Crippen molar-refractivity contribution in [2.75, 3.05) is 5.75 Å². The molecular formula is C29H35Cl2NO6S. The lowest BCUT2D eigenvalue weighted by Crippen LogP contribution is -2.66. The molecule has 0 aromatic heterocycles. The Kier molecular flexibility index (Phi) is 8.44. The summed E-state index contributed by atoms with van der Waals surface area (Å²) in [6, 6.07) is 13.3. The SMILES string of the molecule is CC(C)(C)S(=O)(=O)C[C@](C)(C1CCC1)N1C(=O)[C@@H](CC(=O)O)O[C@H](c2cccc(Cl)c2)[C@H]1c1ccc(Cl)cc1. The predicted octanol–water partition coefficient (Wildman–Crippen LogP) is 6.25. The van der Waals surface area contributed by atoms with Gasteiger partial charge in [0.05, 0.1) is 28.5 Å². The molecule has 39 heavy (non-hydrogen) atoms. The topological polar surface area (TPSA) is 101 Å². The molecule has 4 rings (SSSR count). The third kappa shape index (κ3) is 5.99. The maximum atomic E-state index is 14.3. The van der Waals surface area contributed by atoms with Crippen molar-refractivity contribution >= 4 is 44.9 Å². The van der Waals surface area contributed by atoms with E-state index in [1.54, 1.807) is 68.1 Å². The zero-order chi connectivity index (χ0) is 28.8. The van der Waals surface area contributed by atoms with E-state index in [0.29, 0.717) is 21.2 Å². The molecule has 1 aliphatic heterocycles. The standard InChI is InChI=1S/C29H35Cl2NO6S/c1-28(2,3)39(36,37)17-29(4,20-8-6-9-20)32-25(18-11-13-21(30)14-12-18)26(19-7-5-10-22(31)15-19)38-23(27(32)35)16-24(33)34/h5,7,10-15,20,23,25-26H,6,8-9,16-17H2,1-4H3,(H,33,34)/t23-,25-,26-,29-/m1/s1. The van der Waals surface area contributed by atoms with Gasteiger partial charge in [-0.1, -0.05) is 53.9 Å². The van der Waals surface area contributed by atoms with Crippen LogP contribution >= 0.6 is 23.2 Å². The summed E-state index contributed by atoms with van der Waals surface area (Å²) in [6.07, 6.45) is -0.197. The van der Waals surface area contributed by atoms with Gasteiger partial charge in [0.1, 0.15) is 12.2 Å². The number of benzene rings is 2. The number of carboxylic acids is 1. The summed E-state index contributed by atoms with van der Waals surface area (Å²) in [7, 11) is -3.68. The highest BCUT2D eigenvalue weighted by atomic mass is 35.5. The Labute approximate surface area is 240 Å². The van der Waals surface area contributed by atoms with Crippen LogP contribution in [0.2, 0.25) is 10.0 Å². The number of carbonyl (C=O) groups excluding carboxylic acids is 1. The van der Waals surface area contributed by atoms with Gasteiger partial charge in [-0.3, -0.25) is 9.59 Å². The first-order chi connectivity index (χ1) is 18.1. The van der Waals surface area contributed by atoms with Gasteiger partial charge in [0.25, 0.3) is 5.91 Å². The van der Waals surface area contributed by atoms with Crippen molar-refractivity contribution in [2.45, 2.75) is 81.9 Å². The second-order valence-electron chi connectivity index (χ2n) is 11.8. The van der Waals surface area contributed by atoms with Crippen molar-refractivity contribution in [3.8, 4) is 0 Å². The molecule has 1 saturated carbocycles. The molecule has 2 aliphatic rings. The second kappa shape index (κ2) is 11.0. The quantitative estimate of drug-likeness (QED) is 0.387. The number of halogens is 2. The summed E-state index contributed by atoms with van der Waals surface area (Å²) in [4.78, 5) is 27.7. The number of aliphatic carboxylic acids is 1. The number of hydrogen-bond acceptors (Lipinski definition) is 5. The zero-order valence-electron chi connectivity index (χ0n) is 22.6. The van der Waals surface area contributed by atoms with Gasteiger partial charge in [-0.15, -0.1) is 0 Å². The first-order valence-corrected chi connectivity index (χ1v) is 15.5. The number of nitrogens with zero attached hydrogens (tertiary/aromatic N) is 1. The van der Waals surface area contributed by atoms with Gasteiger partial charge in [0.2, 0.25) is 0 Å². The summed E-state index contributed by atoms with van der Waals surface area (Å²) in [5.41, 5.74) is 0.235. The third-order valence-corrected chi connectivity index (χ3v) is 11.4. The van der Waals surface area contributed by atoms with Gasteiger partial charge >= 0.3 is 5.97 Å². The van der Waals surface area contributed by atoms with Gasteiger partial charge in [0, 0.05) is 10.0 Å². The van der Waals surface area contributed by atoms with Crippen LogP contribution in [0.3, 0.4) is 0 Å². The molecule has 1 heterocycles. The largest absolute Gasteiger partial charge is 0.481 e. The summed E-state index contributed by atoms with van der Waals surface area (Å²) in [6.45, 7) is 6.80. The zero-order valence-corrected chi connectivity index (χ0v) is 24.9. The van der Waals surface area contributed by atoms with Crippen LogP contribution in [0.5, 0.6) is 0 Å². The normalized spacial score (nSPS) is 24.2. The highest BCUT2D eigenvalue weighted by molar-refractivity contribution is 7.92. The van der Waals surface area contributed by atoms with E-state index < -0.39 is 56.7 Å². The minimum Gasteiger partial charge on any atom is -0.481 e. The smallest absolute Gasteiger partial charge is 0.306 e. The Bertz CT molecular complexity index is 1340. The molecule has 10 heteroatoms. The van der Waals surface area contributed by atoms with Crippen molar-refractivity contribution in [2.24, 2.45) is 5.92 Å². The minimum absolute atomic E-state index is 0.0861. The van der Waals surface area contributed by atoms with E-state index >= 15 is 0 Å². The monoisotopic (exact) mass is 595 g/mol. The number of sulfone groups is 1. The Hall–Kier alpha value is -2.13. The van der Waals surface area contributed by atoms with Crippen LogP contribution in [0.15, 0.2) is 48.5 Å². The Morgan fingerprint density at radius 2 is 1.67 bits per heavy atom. The fourth-order valence-corrected chi connectivity index (χ4v) is 7.45. The molecule has 1 saturated heterocycles. The van der Waals surface area contributed by atoms with Crippen molar-refractivity contribution in [3.05, 3.63) is 69.7 Å². The molecule has 7 nitrogen and oxygen atoms in total. The molecule has 1 N–H and O–H groups in total. The second-order valence-corrected chi connectivity index (χ2v) is 15.4. The van der Waals surface area contributed by atoms with Crippen LogP contribution in [-0.4, -0.2) is 52.4 Å². The molecule has 0 radical (unpaired) electrons. The lowest BCUT2D eigenvalue weighted by atomic mass is 9.70. The molecular weight excluding hydrogens is 561 g/mol. The molecule has 1 aliphatic carbocycles. The van der Waals surface area contributed by atoms with E-state index in [4.69, 9.17) is 27.9 Å².